The van der Waals surface area contributed by atoms with E-state index in [0.717, 1.165) is 32.2 Å². The summed E-state index contributed by atoms with van der Waals surface area (Å²) in [6, 6.07) is 5.94. The number of carbonyl (C=O) groups is 1. The Labute approximate surface area is 150 Å². The first-order chi connectivity index (χ1) is 12.6. The molecule has 2 N–H and O–H groups in total. The smallest absolute Gasteiger partial charge is 0.292 e. The highest BCUT2D eigenvalue weighted by Crippen LogP contribution is 2.32. The highest BCUT2D eigenvalue weighted by atomic mass is 19.1. The molecule has 4 rings (SSSR count). The lowest BCUT2D eigenvalue weighted by atomic mass is 10.1. The minimum Gasteiger partial charge on any atom is -0.387 e. The summed E-state index contributed by atoms with van der Waals surface area (Å²) < 4.78 is 18.3. The van der Waals surface area contributed by atoms with Gasteiger partial charge in [0.25, 0.3) is 11.7 Å². The molecule has 2 aliphatic rings. The molecule has 7 nitrogen and oxygen atoms in total. The molecule has 1 aliphatic heterocycles. The second kappa shape index (κ2) is 7.13. The zero-order valence-corrected chi connectivity index (χ0v) is 14.3. The highest BCUT2D eigenvalue weighted by Gasteiger charge is 2.33. The first kappa shape index (κ1) is 17.1. The Bertz CT molecular complexity index is 775. The number of nitrogens with zero attached hydrogens (tertiary/aromatic N) is 3. The second-order valence-corrected chi connectivity index (χ2v) is 6.92. The summed E-state index contributed by atoms with van der Waals surface area (Å²) in [7, 11) is 0. The third kappa shape index (κ3) is 3.76. The summed E-state index contributed by atoms with van der Waals surface area (Å²) >= 11 is 0. The van der Waals surface area contributed by atoms with Crippen molar-refractivity contribution in [2.75, 3.05) is 13.1 Å². The van der Waals surface area contributed by atoms with Gasteiger partial charge in [0, 0.05) is 12.6 Å². The minimum atomic E-state index is -0.739. The van der Waals surface area contributed by atoms with Crippen molar-refractivity contribution in [1.29, 1.82) is 0 Å². The molecule has 138 valence electrons. The van der Waals surface area contributed by atoms with E-state index >= 15 is 0 Å². The molecule has 1 aromatic heterocycles. The fourth-order valence-electron chi connectivity index (χ4n) is 3.28. The molecule has 1 aliphatic carbocycles. The molecule has 0 unspecified atom stereocenters. The largest absolute Gasteiger partial charge is 0.387 e. The van der Waals surface area contributed by atoms with Gasteiger partial charge < -0.3 is 14.9 Å². The number of aliphatic hydroxyl groups is 1. The van der Waals surface area contributed by atoms with Gasteiger partial charge in [-0.25, -0.2) is 4.39 Å². The van der Waals surface area contributed by atoms with Crippen molar-refractivity contribution in [3.63, 3.8) is 0 Å². The summed E-state index contributed by atoms with van der Waals surface area (Å²) in [4.78, 5) is 18.3. The van der Waals surface area contributed by atoms with Crippen LogP contribution in [0.5, 0.6) is 0 Å². The van der Waals surface area contributed by atoms with Gasteiger partial charge in [-0.2, -0.15) is 4.98 Å². The van der Waals surface area contributed by atoms with Gasteiger partial charge in [-0.15, -0.1) is 0 Å². The van der Waals surface area contributed by atoms with E-state index in [0.29, 0.717) is 18.0 Å². The lowest BCUT2D eigenvalue weighted by Crippen LogP contribution is -2.29. The standard InChI is InChI=1S/C18H21FN4O3/c19-12-5-3-11(4-6-12)15(24)10-23-9-1-2-14(23)18-21-16(22-26-18)17(25)20-13-7-8-13/h3-6,13-15,24H,1-2,7-10H2,(H,20,25)/t14-,15+/m0/s1. The van der Waals surface area contributed by atoms with Crippen molar-refractivity contribution in [3.05, 3.63) is 47.4 Å². The summed E-state index contributed by atoms with van der Waals surface area (Å²) in [6.07, 6.45) is 3.01. The number of hydrogen-bond donors (Lipinski definition) is 2. The predicted octanol–water partition coefficient (Wildman–Crippen LogP) is 1.97. The molecule has 0 spiro atoms. The van der Waals surface area contributed by atoms with Gasteiger partial charge in [0.1, 0.15) is 5.82 Å². The van der Waals surface area contributed by atoms with E-state index in [1.165, 1.54) is 12.1 Å². The monoisotopic (exact) mass is 360 g/mol. The third-order valence-electron chi connectivity index (χ3n) is 4.87. The van der Waals surface area contributed by atoms with E-state index in [1.54, 1.807) is 12.1 Å². The number of likely N-dealkylation sites (tertiary alicyclic amines) is 1. The molecular weight excluding hydrogens is 339 g/mol. The van der Waals surface area contributed by atoms with Crippen molar-refractivity contribution < 1.29 is 18.8 Å². The minimum absolute atomic E-state index is 0.0535. The topological polar surface area (TPSA) is 91.5 Å². The zero-order chi connectivity index (χ0) is 18.1. The number of hydrogen-bond acceptors (Lipinski definition) is 6. The van der Waals surface area contributed by atoms with Crippen LogP contribution in [0.2, 0.25) is 0 Å². The quantitative estimate of drug-likeness (QED) is 0.818. The van der Waals surface area contributed by atoms with E-state index in [9.17, 15) is 14.3 Å². The molecule has 8 heteroatoms. The Kier molecular flexibility index (Phi) is 4.69. The number of rotatable bonds is 6. The van der Waals surface area contributed by atoms with Gasteiger partial charge in [0.2, 0.25) is 5.89 Å². The molecule has 26 heavy (non-hydrogen) atoms. The van der Waals surface area contributed by atoms with Crippen LogP contribution < -0.4 is 5.32 Å². The maximum absolute atomic E-state index is 13.0. The molecule has 0 radical (unpaired) electrons. The Morgan fingerprint density at radius 1 is 1.35 bits per heavy atom. The Balaban J connectivity index is 1.42. The molecule has 2 atom stereocenters. The zero-order valence-electron chi connectivity index (χ0n) is 14.3. The molecule has 2 aromatic rings. The molecule has 2 heterocycles. The van der Waals surface area contributed by atoms with Crippen LogP contribution in [0.15, 0.2) is 28.8 Å². The molecule has 0 bridgehead atoms. The van der Waals surface area contributed by atoms with Gasteiger partial charge in [-0.1, -0.05) is 17.3 Å². The molecular formula is C18H21FN4O3. The fourth-order valence-corrected chi connectivity index (χ4v) is 3.28. The van der Waals surface area contributed by atoms with Crippen LogP contribution in [0.25, 0.3) is 0 Å². The Morgan fingerprint density at radius 2 is 2.12 bits per heavy atom. The first-order valence-electron chi connectivity index (χ1n) is 8.92. The number of halogens is 1. The number of aliphatic hydroxyl groups excluding tert-OH is 1. The van der Waals surface area contributed by atoms with Crippen molar-refractivity contribution >= 4 is 5.91 Å². The maximum atomic E-state index is 13.0. The van der Waals surface area contributed by atoms with E-state index in [-0.39, 0.29) is 29.6 Å². The summed E-state index contributed by atoms with van der Waals surface area (Å²) in [5.74, 6) is -0.186. The van der Waals surface area contributed by atoms with Gasteiger partial charge in [0.05, 0.1) is 12.1 Å². The van der Waals surface area contributed by atoms with Crippen LogP contribution >= 0.6 is 0 Å². The average molecular weight is 360 g/mol. The Hall–Kier alpha value is -2.32. The van der Waals surface area contributed by atoms with Crippen LogP contribution in [0.4, 0.5) is 4.39 Å². The van der Waals surface area contributed by atoms with Crippen molar-refractivity contribution in [3.8, 4) is 0 Å². The number of aromatic nitrogens is 2. The maximum Gasteiger partial charge on any atom is 0.292 e. The number of carbonyl (C=O) groups excluding carboxylic acids is 1. The molecule has 1 aromatic carbocycles. The van der Waals surface area contributed by atoms with Crippen LogP contribution in [0, 0.1) is 5.82 Å². The molecule has 1 saturated heterocycles. The lowest BCUT2D eigenvalue weighted by Gasteiger charge is -2.24. The first-order valence-corrected chi connectivity index (χ1v) is 8.92. The van der Waals surface area contributed by atoms with E-state index in [2.05, 4.69) is 20.4 Å². The third-order valence-corrected chi connectivity index (χ3v) is 4.87. The summed E-state index contributed by atoms with van der Waals surface area (Å²) in [5, 5.41) is 17.1. The van der Waals surface area contributed by atoms with Gasteiger partial charge in [0.15, 0.2) is 0 Å². The number of amides is 1. The second-order valence-electron chi connectivity index (χ2n) is 6.92. The van der Waals surface area contributed by atoms with E-state index in [4.69, 9.17) is 4.52 Å². The summed E-state index contributed by atoms with van der Waals surface area (Å²) in [6.45, 7) is 1.16. The van der Waals surface area contributed by atoms with Crippen LogP contribution in [0.1, 0.15) is 59.9 Å². The summed E-state index contributed by atoms with van der Waals surface area (Å²) in [5.41, 5.74) is 0.659. The molecule has 2 fully saturated rings. The SMILES string of the molecule is O=C(NC1CC1)c1noc([C@@H]2CCCN2C[C@@H](O)c2ccc(F)cc2)n1. The molecule has 1 amide bonds. The van der Waals surface area contributed by atoms with E-state index in [1.807, 2.05) is 0 Å². The number of benzene rings is 1. The Morgan fingerprint density at radius 3 is 2.85 bits per heavy atom. The fraction of sp³-hybridized carbons (Fsp3) is 0.500. The number of nitrogens with one attached hydrogen (secondary N) is 1. The van der Waals surface area contributed by atoms with Crippen LogP contribution in [-0.2, 0) is 0 Å². The van der Waals surface area contributed by atoms with Crippen LogP contribution in [-0.4, -0.2) is 45.2 Å². The van der Waals surface area contributed by atoms with Gasteiger partial charge in [-0.3, -0.25) is 9.69 Å². The van der Waals surface area contributed by atoms with E-state index < -0.39 is 6.10 Å². The highest BCUT2D eigenvalue weighted by molar-refractivity contribution is 5.90. The van der Waals surface area contributed by atoms with Crippen LogP contribution in [0.3, 0.4) is 0 Å². The molecule has 1 saturated carbocycles. The number of β-amino-alcohol motifs (C(OH)–C–C–N with tert-alkyl or cyclic N) is 1. The lowest BCUT2D eigenvalue weighted by molar-refractivity contribution is 0.0937. The van der Waals surface area contributed by atoms with Gasteiger partial charge >= 0.3 is 0 Å². The van der Waals surface area contributed by atoms with Crippen molar-refractivity contribution in [2.45, 2.75) is 43.9 Å². The average Bonchev–Trinajstić information content (AvgIpc) is 3.11. The predicted molar refractivity (Wildman–Crippen MR) is 89.7 cm³/mol. The van der Waals surface area contributed by atoms with Gasteiger partial charge in [-0.05, 0) is 49.9 Å². The van der Waals surface area contributed by atoms with Crippen molar-refractivity contribution in [2.24, 2.45) is 0 Å². The normalized spacial score (nSPS) is 21.7. The van der Waals surface area contributed by atoms with Crippen molar-refractivity contribution in [1.82, 2.24) is 20.4 Å².